The summed E-state index contributed by atoms with van der Waals surface area (Å²) in [6, 6.07) is 0. The van der Waals surface area contributed by atoms with Gasteiger partial charge in [0, 0.05) is 5.56 Å². The molecule has 0 spiro atoms. The first-order valence-corrected chi connectivity index (χ1v) is 5.98. The second-order valence-corrected chi connectivity index (χ2v) is 4.85. The van der Waals surface area contributed by atoms with Gasteiger partial charge < -0.3 is 14.9 Å². The van der Waals surface area contributed by atoms with Crippen molar-refractivity contribution in [3.05, 3.63) is 17.5 Å². The Morgan fingerprint density at radius 1 is 1.50 bits per heavy atom. The Morgan fingerprint density at radius 2 is 2.17 bits per heavy atom. The van der Waals surface area contributed by atoms with E-state index in [1.165, 1.54) is 6.20 Å². The van der Waals surface area contributed by atoms with Crippen LogP contribution in [0.15, 0.2) is 10.7 Å². The van der Waals surface area contributed by atoms with Crippen LogP contribution in [-0.4, -0.2) is 27.7 Å². The third-order valence-electron chi connectivity index (χ3n) is 3.38. The van der Waals surface area contributed by atoms with Gasteiger partial charge in [0.05, 0.1) is 18.2 Å². The van der Waals surface area contributed by atoms with Crippen LogP contribution in [0.25, 0.3) is 0 Å². The lowest BCUT2D eigenvalue weighted by atomic mass is 9.93. The second-order valence-electron chi connectivity index (χ2n) is 4.85. The summed E-state index contributed by atoms with van der Waals surface area (Å²) in [5.74, 6) is -1.12. The highest BCUT2D eigenvalue weighted by atomic mass is 16.5. The molecule has 0 aromatic carbocycles. The molecule has 1 saturated carbocycles. The van der Waals surface area contributed by atoms with Crippen LogP contribution in [0.3, 0.4) is 0 Å². The van der Waals surface area contributed by atoms with Crippen molar-refractivity contribution in [2.24, 2.45) is 0 Å². The summed E-state index contributed by atoms with van der Waals surface area (Å²) in [6.07, 6.45) is 4.67. The summed E-state index contributed by atoms with van der Waals surface area (Å²) in [4.78, 5) is 22.9. The topological polar surface area (TPSA) is 92.4 Å². The molecule has 18 heavy (non-hydrogen) atoms. The number of aliphatic carboxylic acids is 1. The molecule has 1 aliphatic carbocycles. The third kappa shape index (κ3) is 2.52. The standard InChI is InChI=1S/C12H16N2O4/c1-8-7-13-18-10(8)11(17)14-12(6-9(15)16)4-2-3-5-12/h7H,2-6H2,1H3,(H,14,17)(H,15,16). The number of aryl methyl sites for hydroxylation is 1. The zero-order valence-electron chi connectivity index (χ0n) is 10.2. The van der Waals surface area contributed by atoms with Crippen LogP contribution in [-0.2, 0) is 4.79 Å². The highest BCUT2D eigenvalue weighted by Crippen LogP contribution is 2.33. The van der Waals surface area contributed by atoms with Crippen molar-refractivity contribution < 1.29 is 19.2 Å². The van der Waals surface area contributed by atoms with E-state index in [-0.39, 0.29) is 18.1 Å². The van der Waals surface area contributed by atoms with E-state index in [2.05, 4.69) is 10.5 Å². The van der Waals surface area contributed by atoms with Crippen LogP contribution in [0.4, 0.5) is 0 Å². The molecule has 98 valence electrons. The van der Waals surface area contributed by atoms with Crippen molar-refractivity contribution >= 4 is 11.9 Å². The SMILES string of the molecule is Cc1cnoc1C(=O)NC1(CC(=O)O)CCCC1. The van der Waals surface area contributed by atoms with Crippen molar-refractivity contribution in [1.29, 1.82) is 0 Å². The van der Waals surface area contributed by atoms with Crippen molar-refractivity contribution in [3.63, 3.8) is 0 Å². The fourth-order valence-corrected chi connectivity index (χ4v) is 2.49. The molecule has 0 bridgehead atoms. The molecule has 0 aliphatic heterocycles. The molecule has 1 amide bonds. The Labute approximate surface area is 104 Å². The first-order valence-electron chi connectivity index (χ1n) is 5.98. The number of rotatable bonds is 4. The Morgan fingerprint density at radius 3 is 2.67 bits per heavy atom. The largest absolute Gasteiger partial charge is 0.481 e. The van der Waals surface area contributed by atoms with E-state index < -0.39 is 11.5 Å². The van der Waals surface area contributed by atoms with E-state index >= 15 is 0 Å². The van der Waals surface area contributed by atoms with E-state index in [0.29, 0.717) is 18.4 Å². The Hall–Kier alpha value is -1.85. The smallest absolute Gasteiger partial charge is 0.305 e. The lowest BCUT2D eigenvalue weighted by Crippen LogP contribution is -2.47. The minimum absolute atomic E-state index is 0.0497. The van der Waals surface area contributed by atoms with Crippen LogP contribution in [0.2, 0.25) is 0 Å². The third-order valence-corrected chi connectivity index (χ3v) is 3.38. The van der Waals surface area contributed by atoms with Gasteiger partial charge in [-0.2, -0.15) is 0 Å². The number of nitrogens with one attached hydrogen (secondary N) is 1. The van der Waals surface area contributed by atoms with Gasteiger partial charge >= 0.3 is 5.97 Å². The first-order chi connectivity index (χ1) is 8.52. The molecule has 1 heterocycles. The molecule has 0 unspecified atom stereocenters. The minimum atomic E-state index is -0.897. The maximum atomic E-state index is 12.0. The monoisotopic (exact) mass is 252 g/mol. The predicted octanol–water partition coefficient (Wildman–Crippen LogP) is 1.50. The lowest BCUT2D eigenvalue weighted by molar-refractivity contribution is -0.138. The molecule has 6 heteroatoms. The van der Waals surface area contributed by atoms with Gasteiger partial charge in [0.25, 0.3) is 5.91 Å². The average Bonchev–Trinajstić information content (AvgIpc) is 2.86. The Kier molecular flexibility index (Phi) is 3.36. The number of aromatic nitrogens is 1. The summed E-state index contributed by atoms with van der Waals surface area (Å²) in [5, 5.41) is 15.3. The predicted molar refractivity (Wildman–Crippen MR) is 62.2 cm³/mol. The fourth-order valence-electron chi connectivity index (χ4n) is 2.49. The van der Waals surface area contributed by atoms with Gasteiger partial charge in [0.15, 0.2) is 0 Å². The van der Waals surface area contributed by atoms with Crippen molar-refractivity contribution in [2.45, 2.75) is 44.6 Å². The number of nitrogens with zero attached hydrogens (tertiary/aromatic N) is 1. The van der Waals surface area contributed by atoms with Crippen LogP contribution < -0.4 is 5.32 Å². The summed E-state index contributed by atoms with van der Waals surface area (Å²) < 4.78 is 4.88. The van der Waals surface area contributed by atoms with Crippen LogP contribution in [0.5, 0.6) is 0 Å². The van der Waals surface area contributed by atoms with Crippen molar-refractivity contribution in [1.82, 2.24) is 10.5 Å². The van der Waals surface area contributed by atoms with E-state index in [9.17, 15) is 9.59 Å². The van der Waals surface area contributed by atoms with Gasteiger partial charge in [0.2, 0.25) is 5.76 Å². The molecule has 1 aromatic rings. The minimum Gasteiger partial charge on any atom is -0.481 e. The summed E-state index contributed by atoms with van der Waals surface area (Å²) in [5.41, 5.74) is 0.0123. The second kappa shape index (κ2) is 4.80. The average molecular weight is 252 g/mol. The normalized spacial score (nSPS) is 17.6. The highest BCUT2D eigenvalue weighted by molar-refractivity contribution is 5.93. The number of carboxylic acids is 1. The van der Waals surface area contributed by atoms with Crippen LogP contribution >= 0.6 is 0 Å². The number of carbonyl (C=O) groups excluding carboxylic acids is 1. The molecule has 0 radical (unpaired) electrons. The van der Waals surface area contributed by atoms with E-state index in [0.717, 1.165) is 12.8 Å². The molecule has 1 aliphatic rings. The van der Waals surface area contributed by atoms with E-state index in [1.807, 2.05) is 0 Å². The number of carboxylic acid groups (broad SMARTS) is 1. The number of carbonyl (C=O) groups is 2. The molecule has 6 nitrogen and oxygen atoms in total. The zero-order valence-corrected chi connectivity index (χ0v) is 10.2. The highest BCUT2D eigenvalue weighted by Gasteiger charge is 2.38. The molecular formula is C12H16N2O4. The molecule has 2 rings (SSSR count). The zero-order chi connectivity index (χ0) is 13.2. The molecular weight excluding hydrogens is 236 g/mol. The van der Waals surface area contributed by atoms with Crippen LogP contribution in [0, 0.1) is 6.92 Å². The fraction of sp³-hybridized carbons (Fsp3) is 0.583. The number of hydrogen-bond donors (Lipinski definition) is 2. The van der Waals surface area contributed by atoms with Gasteiger partial charge in [-0.25, -0.2) is 0 Å². The van der Waals surface area contributed by atoms with E-state index in [4.69, 9.17) is 9.63 Å². The van der Waals surface area contributed by atoms with Gasteiger partial charge in [-0.15, -0.1) is 0 Å². The molecule has 0 saturated heterocycles. The summed E-state index contributed by atoms with van der Waals surface area (Å²) in [7, 11) is 0. The van der Waals surface area contributed by atoms with E-state index in [1.54, 1.807) is 6.92 Å². The van der Waals surface area contributed by atoms with Gasteiger partial charge in [-0.3, -0.25) is 9.59 Å². The van der Waals surface area contributed by atoms with Crippen molar-refractivity contribution in [2.75, 3.05) is 0 Å². The molecule has 1 fully saturated rings. The van der Waals surface area contributed by atoms with Gasteiger partial charge in [0.1, 0.15) is 0 Å². The van der Waals surface area contributed by atoms with Crippen molar-refractivity contribution in [3.8, 4) is 0 Å². The maximum absolute atomic E-state index is 12.0. The van der Waals surface area contributed by atoms with Gasteiger partial charge in [-0.1, -0.05) is 18.0 Å². The Balaban J connectivity index is 2.12. The quantitative estimate of drug-likeness (QED) is 0.847. The molecule has 1 aromatic heterocycles. The Bertz CT molecular complexity index is 460. The lowest BCUT2D eigenvalue weighted by Gasteiger charge is -2.28. The van der Waals surface area contributed by atoms with Crippen LogP contribution in [0.1, 0.15) is 48.2 Å². The molecule has 2 N–H and O–H groups in total. The summed E-state index contributed by atoms with van der Waals surface area (Å²) in [6.45, 7) is 1.73. The number of amides is 1. The summed E-state index contributed by atoms with van der Waals surface area (Å²) >= 11 is 0. The number of hydrogen-bond acceptors (Lipinski definition) is 4. The maximum Gasteiger partial charge on any atom is 0.305 e. The van der Waals surface area contributed by atoms with Gasteiger partial charge in [-0.05, 0) is 19.8 Å². The molecule has 0 atom stereocenters. The first kappa shape index (κ1) is 12.6.